The third kappa shape index (κ3) is 2.08. The number of anilines is 1. The summed E-state index contributed by atoms with van der Waals surface area (Å²) in [5, 5.41) is 3.56. The summed E-state index contributed by atoms with van der Waals surface area (Å²) in [6.07, 6.45) is 0. The average molecular weight is 257 g/mol. The first-order valence-corrected chi connectivity index (χ1v) is 6.75. The van der Waals surface area contributed by atoms with Crippen molar-refractivity contribution < 1.29 is 0 Å². The number of hydrogen-bond donors (Lipinski definition) is 1. The molecular weight excluding hydrogens is 246 g/mol. The van der Waals surface area contributed by atoms with Gasteiger partial charge >= 0.3 is 0 Å². The van der Waals surface area contributed by atoms with Gasteiger partial charge in [0, 0.05) is 5.69 Å². The molecule has 0 saturated heterocycles. The van der Waals surface area contributed by atoms with Crippen molar-refractivity contribution in [2.24, 2.45) is 0 Å². The molecule has 1 heterocycles. The SMILES string of the molecule is S=C1Nc2ccccc2C(c2ccccc2)S1. The first-order valence-electron chi connectivity index (χ1n) is 5.46. The second kappa shape index (κ2) is 4.51. The Morgan fingerprint density at radius 3 is 2.47 bits per heavy atom. The number of hydrogen-bond acceptors (Lipinski definition) is 2. The van der Waals surface area contributed by atoms with E-state index in [0.29, 0.717) is 5.25 Å². The molecule has 17 heavy (non-hydrogen) atoms. The molecule has 0 radical (unpaired) electrons. The summed E-state index contributed by atoms with van der Waals surface area (Å²) < 4.78 is 0.845. The summed E-state index contributed by atoms with van der Waals surface area (Å²) in [6, 6.07) is 18.8. The highest BCUT2D eigenvalue weighted by molar-refractivity contribution is 8.23. The van der Waals surface area contributed by atoms with Crippen LogP contribution in [0.2, 0.25) is 0 Å². The van der Waals surface area contributed by atoms with Gasteiger partial charge < -0.3 is 5.32 Å². The van der Waals surface area contributed by atoms with Gasteiger partial charge in [0.25, 0.3) is 0 Å². The van der Waals surface area contributed by atoms with E-state index in [2.05, 4.69) is 47.8 Å². The van der Waals surface area contributed by atoms with E-state index in [9.17, 15) is 0 Å². The molecule has 2 aromatic rings. The molecule has 1 atom stereocenters. The highest BCUT2D eigenvalue weighted by Crippen LogP contribution is 2.43. The Balaban J connectivity index is 2.10. The molecular formula is C14H11NS2. The summed E-state index contributed by atoms with van der Waals surface area (Å²) >= 11 is 7.01. The molecule has 0 fully saturated rings. The Hall–Kier alpha value is -1.32. The molecule has 84 valence electrons. The average Bonchev–Trinajstić information content (AvgIpc) is 2.39. The molecule has 0 bridgehead atoms. The van der Waals surface area contributed by atoms with E-state index in [4.69, 9.17) is 12.2 Å². The van der Waals surface area contributed by atoms with Crippen molar-refractivity contribution in [3.05, 3.63) is 65.7 Å². The molecule has 1 aliphatic rings. The Bertz CT molecular complexity index is 551. The number of fused-ring (bicyclic) bond motifs is 1. The largest absolute Gasteiger partial charge is 0.341 e. The predicted octanol–water partition coefficient (Wildman–Crippen LogP) is 4.22. The Labute approximate surface area is 110 Å². The minimum absolute atomic E-state index is 0.307. The number of thiocarbonyl (C=S) groups is 1. The van der Waals surface area contributed by atoms with Gasteiger partial charge in [-0.1, -0.05) is 72.5 Å². The van der Waals surface area contributed by atoms with Crippen molar-refractivity contribution in [2.45, 2.75) is 5.25 Å². The van der Waals surface area contributed by atoms with Crippen LogP contribution in [0.3, 0.4) is 0 Å². The molecule has 3 heteroatoms. The molecule has 0 saturated carbocycles. The molecule has 1 aliphatic heterocycles. The smallest absolute Gasteiger partial charge is 0.139 e. The number of rotatable bonds is 1. The maximum atomic E-state index is 5.31. The predicted molar refractivity (Wildman–Crippen MR) is 78.5 cm³/mol. The van der Waals surface area contributed by atoms with Gasteiger partial charge in [-0.15, -0.1) is 0 Å². The monoisotopic (exact) mass is 257 g/mol. The maximum Gasteiger partial charge on any atom is 0.139 e. The molecule has 0 aliphatic carbocycles. The third-order valence-electron chi connectivity index (χ3n) is 2.81. The standard InChI is InChI=1S/C14H11NS2/c16-14-15-12-9-5-4-8-11(12)13(17-14)10-6-2-1-3-7-10/h1-9,13H,(H,15,16). The van der Waals surface area contributed by atoms with E-state index >= 15 is 0 Å². The topological polar surface area (TPSA) is 12.0 Å². The first-order chi connectivity index (χ1) is 8.34. The van der Waals surface area contributed by atoms with Crippen LogP contribution in [0.15, 0.2) is 54.6 Å². The molecule has 1 N–H and O–H groups in total. The van der Waals surface area contributed by atoms with Crippen LogP contribution in [0.1, 0.15) is 16.4 Å². The Morgan fingerprint density at radius 1 is 0.941 bits per heavy atom. The van der Waals surface area contributed by atoms with Crippen molar-refractivity contribution in [3.63, 3.8) is 0 Å². The molecule has 3 rings (SSSR count). The van der Waals surface area contributed by atoms with Crippen LogP contribution in [-0.4, -0.2) is 4.32 Å². The zero-order valence-corrected chi connectivity index (χ0v) is 10.7. The second-order valence-corrected chi connectivity index (χ2v) is 5.69. The van der Waals surface area contributed by atoms with Crippen LogP contribution >= 0.6 is 24.0 Å². The number of nitrogens with one attached hydrogen (secondary N) is 1. The van der Waals surface area contributed by atoms with E-state index in [1.54, 1.807) is 11.8 Å². The molecule has 1 nitrogen and oxygen atoms in total. The van der Waals surface area contributed by atoms with E-state index in [0.717, 1.165) is 10.0 Å². The van der Waals surface area contributed by atoms with Gasteiger partial charge in [0.1, 0.15) is 4.32 Å². The Morgan fingerprint density at radius 2 is 1.65 bits per heavy atom. The van der Waals surface area contributed by atoms with Gasteiger partial charge in [0.2, 0.25) is 0 Å². The van der Waals surface area contributed by atoms with E-state index in [1.807, 2.05) is 12.1 Å². The van der Waals surface area contributed by atoms with Crippen molar-refractivity contribution in [2.75, 3.05) is 5.32 Å². The van der Waals surface area contributed by atoms with E-state index in [1.165, 1.54) is 11.1 Å². The normalized spacial score (nSPS) is 18.4. The lowest BCUT2D eigenvalue weighted by Gasteiger charge is -2.26. The zero-order valence-electron chi connectivity index (χ0n) is 9.09. The lowest BCUT2D eigenvalue weighted by molar-refractivity contribution is 1.16. The highest BCUT2D eigenvalue weighted by atomic mass is 32.2. The van der Waals surface area contributed by atoms with Gasteiger partial charge in [-0.05, 0) is 17.2 Å². The summed E-state index contributed by atoms with van der Waals surface area (Å²) in [5.41, 5.74) is 3.73. The van der Waals surface area contributed by atoms with Crippen LogP contribution in [0.25, 0.3) is 0 Å². The van der Waals surface area contributed by atoms with Crippen molar-refractivity contribution in [1.82, 2.24) is 0 Å². The fourth-order valence-corrected chi connectivity index (χ4v) is 3.43. The van der Waals surface area contributed by atoms with Crippen LogP contribution in [0, 0.1) is 0 Å². The van der Waals surface area contributed by atoms with Gasteiger partial charge in [-0.2, -0.15) is 0 Å². The summed E-state index contributed by atoms with van der Waals surface area (Å²) in [5.74, 6) is 0. The third-order valence-corrected chi connectivity index (χ3v) is 4.28. The van der Waals surface area contributed by atoms with Crippen LogP contribution in [-0.2, 0) is 0 Å². The number of thioether (sulfide) groups is 1. The molecule has 0 aromatic heterocycles. The van der Waals surface area contributed by atoms with Gasteiger partial charge in [0.05, 0.1) is 5.25 Å². The zero-order chi connectivity index (χ0) is 11.7. The van der Waals surface area contributed by atoms with Crippen LogP contribution in [0.4, 0.5) is 5.69 Å². The Kier molecular flexibility index (Phi) is 2.87. The molecule has 0 amide bonds. The summed E-state index contributed by atoms with van der Waals surface area (Å²) in [4.78, 5) is 0. The van der Waals surface area contributed by atoms with E-state index < -0.39 is 0 Å². The fourth-order valence-electron chi connectivity index (χ4n) is 2.02. The van der Waals surface area contributed by atoms with Gasteiger partial charge in [0.15, 0.2) is 0 Å². The minimum Gasteiger partial charge on any atom is -0.341 e. The maximum absolute atomic E-state index is 5.31. The lowest BCUT2D eigenvalue weighted by Crippen LogP contribution is -2.16. The van der Waals surface area contributed by atoms with Gasteiger partial charge in [-0.3, -0.25) is 0 Å². The quantitative estimate of drug-likeness (QED) is 0.768. The van der Waals surface area contributed by atoms with E-state index in [-0.39, 0.29) is 0 Å². The fraction of sp³-hybridized carbons (Fsp3) is 0.0714. The van der Waals surface area contributed by atoms with Crippen LogP contribution in [0.5, 0.6) is 0 Å². The summed E-state index contributed by atoms with van der Waals surface area (Å²) in [6.45, 7) is 0. The molecule has 0 spiro atoms. The van der Waals surface area contributed by atoms with Crippen molar-refractivity contribution in [1.29, 1.82) is 0 Å². The highest BCUT2D eigenvalue weighted by Gasteiger charge is 2.24. The number of benzene rings is 2. The van der Waals surface area contributed by atoms with Crippen molar-refractivity contribution in [3.8, 4) is 0 Å². The van der Waals surface area contributed by atoms with Gasteiger partial charge in [-0.25, -0.2) is 0 Å². The number of para-hydroxylation sites is 1. The van der Waals surface area contributed by atoms with Crippen LogP contribution < -0.4 is 5.32 Å². The minimum atomic E-state index is 0.307. The second-order valence-electron chi connectivity index (χ2n) is 3.91. The molecule has 1 unspecified atom stereocenters. The first kappa shape index (κ1) is 10.8. The summed E-state index contributed by atoms with van der Waals surface area (Å²) in [7, 11) is 0. The van der Waals surface area contributed by atoms with Crippen molar-refractivity contribution >= 4 is 34.0 Å². The lowest BCUT2D eigenvalue weighted by atomic mass is 10.0. The molecule has 2 aromatic carbocycles.